The molecule has 1 aliphatic carbocycles. The Labute approximate surface area is 113 Å². The van der Waals surface area contributed by atoms with Gasteiger partial charge in [-0.2, -0.15) is 0 Å². The zero-order valence-corrected chi connectivity index (χ0v) is 11.2. The molecule has 1 N–H and O–H groups in total. The fourth-order valence-electron chi connectivity index (χ4n) is 2.65. The zero-order valence-electron chi connectivity index (χ0n) is 9.62. The summed E-state index contributed by atoms with van der Waals surface area (Å²) in [6, 6.07) is 6.72. The van der Waals surface area contributed by atoms with E-state index in [0.29, 0.717) is 22.0 Å². The maximum Gasteiger partial charge on any atom is 0.143 e. The third kappa shape index (κ3) is 1.63. The van der Waals surface area contributed by atoms with Crippen LogP contribution < -0.4 is 0 Å². The molecule has 0 saturated carbocycles. The fraction of sp³-hybridized carbons (Fsp3) is 0.286. The van der Waals surface area contributed by atoms with Crippen LogP contribution in [0.3, 0.4) is 0 Å². The number of fused-ring (bicyclic) bond motifs is 1. The number of rotatable bonds is 1. The first-order valence-electron chi connectivity index (χ1n) is 5.86. The van der Waals surface area contributed by atoms with Crippen molar-refractivity contribution in [2.45, 2.75) is 24.9 Å². The fourth-order valence-corrected chi connectivity index (χ4v) is 3.01. The second-order valence-electron chi connectivity index (χ2n) is 4.57. The van der Waals surface area contributed by atoms with Crippen LogP contribution in [-0.2, 0) is 12.0 Å². The van der Waals surface area contributed by atoms with Crippen LogP contribution in [0.25, 0.3) is 0 Å². The molecular formula is C14H12BrFO2. The highest BCUT2D eigenvalue weighted by atomic mass is 79.9. The quantitative estimate of drug-likeness (QED) is 0.870. The predicted octanol–water partition coefficient (Wildman–Crippen LogP) is 3.75. The van der Waals surface area contributed by atoms with Gasteiger partial charge in [0.25, 0.3) is 0 Å². The molecule has 3 rings (SSSR count). The lowest BCUT2D eigenvalue weighted by molar-refractivity contribution is 0.0551. The van der Waals surface area contributed by atoms with E-state index in [1.54, 1.807) is 30.5 Å². The molecule has 1 aromatic heterocycles. The molecule has 1 aliphatic rings. The molecule has 18 heavy (non-hydrogen) atoms. The molecule has 0 aliphatic heterocycles. The number of hydrogen-bond acceptors (Lipinski definition) is 2. The Bertz CT molecular complexity index is 593. The van der Waals surface area contributed by atoms with E-state index >= 15 is 0 Å². The van der Waals surface area contributed by atoms with Crippen molar-refractivity contribution >= 4 is 15.9 Å². The number of halogens is 2. The maximum absolute atomic E-state index is 14.2. The lowest BCUT2D eigenvalue weighted by atomic mass is 9.78. The van der Waals surface area contributed by atoms with Crippen molar-refractivity contribution in [2.24, 2.45) is 0 Å². The van der Waals surface area contributed by atoms with Crippen molar-refractivity contribution in [1.29, 1.82) is 0 Å². The van der Waals surface area contributed by atoms with Crippen LogP contribution in [0.15, 0.2) is 39.4 Å². The SMILES string of the molecule is OC1(c2cccc(Br)c2F)CCCc2occc21. The number of furan rings is 1. The molecule has 0 amide bonds. The molecule has 2 aromatic rings. The van der Waals surface area contributed by atoms with E-state index in [1.807, 2.05) is 0 Å². The summed E-state index contributed by atoms with van der Waals surface area (Å²) >= 11 is 3.16. The number of aryl methyl sites for hydroxylation is 1. The minimum absolute atomic E-state index is 0.305. The molecule has 0 fully saturated rings. The summed E-state index contributed by atoms with van der Waals surface area (Å²) in [4.78, 5) is 0. The Balaban J connectivity index is 2.20. The van der Waals surface area contributed by atoms with Crippen molar-refractivity contribution in [3.05, 3.63) is 57.7 Å². The molecule has 0 spiro atoms. The Morgan fingerprint density at radius 3 is 2.94 bits per heavy atom. The van der Waals surface area contributed by atoms with E-state index in [2.05, 4.69) is 15.9 Å². The molecule has 0 radical (unpaired) electrons. The van der Waals surface area contributed by atoms with Crippen LogP contribution in [0, 0.1) is 5.82 Å². The average molecular weight is 311 g/mol. The smallest absolute Gasteiger partial charge is 0.143 e. The van der Waals surface area contributed by atoms with E-state index in [-0.39, 0.29) is 0 Å². The largest absolute Gasteiger partial charge is 0.469 e. The third-order valence-corrected chi connectivity index (χ3v) is 4.14. The van der Waals surface area contributed by atoms with Gasteiger partial charge < -0.3 is 9.52 Å². The monoisotopic (exact) mass is 310 g/mol. The van der Waals surface area contributed by atoms with E-state index < -0.39 is 11.4 Å². The highest BCUT2D eigenvalue weighted by molar-refractivity contribution is 9.10. The predicted molar refractivity (Wildman–Crippen MR) is 68.7 cm³/mol. The van der Waals surface area contributed by atoms with Gasteiger partial charge in [-0.15, -0.1) is 0 Å². The molecule has 1 atom stereocenters. The normalized spacial score (nSPS) is 22.8. The molecular weight excluding hydrogens is 299 g/mol. The lowest BCUT2D eigenvalue weighted by Crippen LogP contribution is -2.32. The lowest BCUT2D eigenvalue weighted by Gasteiger charge is -2.32. The van der Waals surface area contributed by atoms with E-state index in [9.17, 15) is 9.50 Å². The molecule has 1 heterocycles. The van der Waals surface area contributed by atoms with E-state index in [1.165, 1.54) is 0 Å². The van der Waals surface area contributed by atoms with Crippen LogP contribution >= 0.6 is 15.9 Å². The van der Waals surface area contributed by atoms with Gasteiger partial charge in [-0.1, -0.05) is 12.1 Å². The average Bonchev–Trinajstić information content (AvgIpc) is 2.82. The summed E-state index contributed by atoms with van der Waals surface area (Å²) in [6.07, 6.45) is 3.63. The van der Waals surface area contributed by atoms with Crippen LogP contribution in [0.1, 0.15) is 29.7 Å². The molecule has 0 bridgehead atoms. The molecule has 0 saturated heterocycles. The van der Waals surface area contributed by atoms with Crippen molar-refractivity contribution in [1.82, 2.24) is 0 Å². The van der Waals surface area contributed by atoms with Crippen LogP contribution in [0.4, 0.5) is 4.39 Å². The first kappa shape index (κ1) is 11.9. The Morgan fingerprint density at radius 1 is 1.28 bits per heavy atom. The Kier molecular flexibility index (Phi) is 2.79. The van der Waals surface area contributed by atoms with Crippen LogP contribution in [0.5, 0.6) is 0 Å². The molecule has 1 aromatic carbocycles. The molecule has 2 nitrogen and oxygen atoms in total. The van der Waals surface area contributed by atoms with Crippen molar-refractivity contribution in [3.63, 3.8) is 0 Å². The van der Waals surface area contributed by atoms with Gasteiger partial charge in [0.2, 0.25) is 0 Å². The summed E-state index contributed by atoms with van der Waals surface area (Å²) in [5, 5.41) is 10.9. The summed E-state index contributed by atoms with van der Waals surface area (Å²) in [5.41, 5.74) is -0.293. The standard InChI is InChI=1S/C14H12BrFO2/c15-11-4-1-3-10(13(11)16)14(17)7-2-5-12-9(14)6-8-18-12/h1,3-4,6,8,17H,2,5,7H2. The van der Waals surface area contributed by atoms with Gasteiger partial charge in [0.1, 0.15) is 17.2 Å². The first-order chi connectivity index (χ1) is 8.63. The van der Waals surface area contributed by atoms with Gasteiger partial charge in [0.15, 0.2) is 0 Å². The van der Waals surface area contributed by atoms with E-state index in [0.717, 1.165) is 18.6 Å². The van der Waals surface area contributed by atoms with Crippen molar-refractivity contribution < 1.29 is 13.9 Å². The number of aliphatic hydroxyl groups is 1. The number of hydrogen-bond donors (Lipinski definition) is 1. The first-order valence-corrected chi connectivity index (χ1v) is 6.66. The second-order valence-corrected chi connectivity index (χ2v) is 5.43. The van der Waals surface area contributed by atoms with Crippen LogP contribution in [-0.4, -0.2) is 5.11 Å². The van der Waals surface area contributed by atoms with Gasteiger partial charge in [-0.05, 0) is 40.9 Å². The van der Waals surface area contributed by atoms with Gasteiger partial charge in [0, 0.05) is 17.5 Å². The van der Waals surface area contributed by atoms with Crippen molar-refractivity contribution in [3.8, 4) is 0 Å². The van der Waals surface area contributed by atoms with Crippen molar-refractivity contribution in [2.75, 3.05) is 0 Å². The second kappa shape index (κ2) is 4.21. The molecule has 4 heteroatoms. The zero-order chi connectivity index (χ0) is 12.8. The highest BCUT2D eigenvalue weighted by Crippen LogP contribution is 2.42. The Hall–Kier alpha value is -1.13. The maximum atomic E-state index is 14.2. The summed E-state index contributed by atoms with van der Waals surface area (Å²) in [5.74, 6) is 0.345. The topological polar surface area (TPSA) is 33.4 Å². The van der Waals surface area contributed by atoms with E-state index in [4.69, 9.17) is 4.42 Å². The summed E-state index contributed by atoms with van der Waals surface area (Å²) in [7, 11) is 0. The van der Waals surface area contributed by atoms with Gasteiger partial charge in [0.05, 0.1) is 10.7 Å². The number of benzene rings is 1. The Morgan fingerprint density at radius 2 is 2.11 bits per heavy atom. The third-order valence-electron chi connectivity index (χ3n) is 3.53. The van der Waals surface area contributed by atoms with Gasteiger partial charge in [-0.3, -0.25) is 0 Å². The summed E-state index contributed by atoms with van der Waals surface area (Å²) < 4.78 is 19.9. The molecule has 94 valence electrons. The highest BCUT2D eigenvalue weighted by Gasteiger charge is 2.40. The molecule has 1 unspecified atom stereocenters. The van der Waals surface area contributed by atoms with Gasteiger partial charge >= 0.3 is 0 Å². The minimum atomic E-state index is -1.28. The van der Waals surface area contributed by atoms with Crippen LogP contribution in [0.2, 0.25) is 0 Å². The minimum Gasteiger partial charge on any atom is -0.469 e. The summed E-state index contributed by atoms with van der Waals surface area (Å²) in [6.45, 7) is 0. The van der Waals surface area contributed by atoms with Gasteiger partial charge in [-0.25, -0.2) is 4.39 Å².